The van der Waals surface area contributed by atoms with Gasteiger partial charge in [0.25, 0.3) is 0 Å². The Morgan fingerprint density at radius 3 is 2.65 bits per heavy atom. The summed E-state index contributed by atoms with van der Waals surface area (Å²) in [5.74, 6) is 0. The Balaban J connectivity index is 3.28. The summed E-state index contributed by atoms with van der Waals surface area (Å²) in [6.07, 6.45) is 0.714. The van der Waals surface area contributed by atoms with Gasteiger partial charge < -0.3 is 0 Å². The molecule has 1 aromatic carbocycles. The molecule has 0 aliphatic carbocycles. The first-order valence-corrected chi connectivity index (χ1v) is 6.91. The van der Waals surface area contributed by atoms with Gasteiger partial charge in [-0.3, -0.25) is 0 Å². The molecule has 6 heteroatoms. The second kappa shape index (κ2) is 5.50. The van der Waals surface area contributed by atoms with E-state index in [1.807, 2.05) is 13.0 Å². The van der Waals surface area contributed by atoms with E-state index in [1.165, 1.54) is 29.6 Å². The number of hydrogen-bond donors (Lipinski definition) is 0. The number of rotatable bonds is 4. The molecule has 0 saturated carbocycles. The SMILES string of the molecule is CCCN(C)S(=O)(=O)c1cc(C#N)ccc1Cl. The minimum absolute atomic E-state index is 0.0193. The van der Waals surface area contributed by atoms with E-state index in [0.717, 1.165) is 0 Å². The zero-order chi connectivity index (χ0) is 13.1. The summed E-state index contributed by atoms with van der Waals surface area (Å²) in [6.45, 7) is 2.30. The van der Waals surface area contributed by atoms with E-state index in [0.29, 0.717) is 13.0 Å². The van der Waals surface area contributed by atoms with Gasteiger partial charge >= 0.3 is 0 Å². The van der Waals surface area contributed by atoms with Gasteiger partial charge in [0.15, 0.2) is 0 Å². The van der Waals surface area contributed by atoms with Crippen LogP contribution in [0.25, 0.3) is 0 Å². The van der Waals surface area contributed by atoms with Crippen LogP contribution in [0.3, 0.4) is 0 Å². The van der Waals surface area contributed by atoms with E-state index in [1.54, 1.807) is 0 Å². The Hall–Kier alpha value is -1.09. The molecule has 0 aliphatic heterocycles. The Bertz CT molecular complexity index is 549. The largest absolute Gasteiger partial charge is 0.244 e. The van der Waals surface area contributed by atoms with Gasteiger partial charge in [0.1, 0.15) is 4.90 Å². The zero-order valence-corrected chi connectivity index (χ0v) is 11.2. The second-order valence-corrected chi connectivity index (χ2v) is 6.00. The van der Waals surface area contributed by atoms with E-state index in [9.17, 15) is 8.42 Å². The minimum Gasteiger partial charge on any atom is -0.207 e. The summed E-state index contributed by atoms with van der Waals surface area (Å²) in [5.41, 5.74) is 0.276. The number of benzene rings is 1. The normalized spacial score (nSPS) is 11.5. The monoisotopic (exact) mass is 272 g/mol. The maximum Gasteiger partial charge on any atom is 0.244 e. The molecule has 0 bridgehead atoms. The maximum atomic E-state index is 12.1. The molecule has 0 saturated heterocycles. The van der Waals surface area contributed by atoms with E-state index < -0.39 is 10.0 Å². The van der Waals surface area contributed by atoms with E-state index in [4.69, 9.17) is 16.9 Å². The number of hydrogen-bond acceptors (Lipinski definition) is 3. The second-order valence-electron chi connectivity index (χ2n) is 3.58. The van der Waals surface area contributed by atoms with Crippen molar-refractivity contribution in [3.63, 3.8) is 0 Å². The first kappa shape index (κ1) is 14.0. The third kappa shape index (κ3) is 2.97. The summed E-state index contributed by atoms with van der Waals surface area (Å²) in [5, 5.41) is 8.89. The molecular formula is C11H13ClN2O2S. The molecule has 4 nitrogen and oxygen atoms in total. The molecule has 0 amide bonds. The summed E-state index contributed by atoms with van der Waals surface area (Å²) < 4.78 is 25.5. The predicted octanol–water partition coefficient (Wildman–Crippen LogP) is 2.24. The fourth-order valence-corrected chi connectivity index (χ4v) is 3.13. The zero-order valence-electron chi connectivity index (χ0n) is 9.64. The molecule has 0 aliphatic rings. The molecule has 1 aromatic rings. The van der Waals surface area contributed by atoms with Crippen LogP contribution in [0.4, 0.5) is 0 Å². The van der Waals surface area contributed by atoms with Crippen LogP contribution in [0.1, 0.15) is 18.9 Å². The fraction of sp³-hybridized carbons (Fsp3) is 0.364. The van der Waals surface area contributed by atoms with E-state index in [-0.39, 0.29) is 15.5 Å². The standard InChI is InChI=1S/C11H13ClN2O2S/c1-3-6-14(2)17(15,16)11-7-9(8-13)4-5-10(11)12/h4-5,7H,3,6H2,1-2H3. The maximum absolute atomic E-state index is 12.1. The van der Waals surface area contributed by atoms with Crippen molar-refractivity contribution in [2.45, 2.75) is 18.2 Å². The highest BCUT2D eigenvalue weighted by Gasteiger charge is 2.23. The van der Waals surface area contributed by atoms with Crippen molar-refractivity contribution < 1.29 is 8.42 Å². The summed E-state index contributed by atoms with van der Waals surface area (Å²) >= 11 is 5.87. The predicted molar refractivity (Wildman–Crippen MR) is 66.3 cm³/mol. The number of nitrogens with zero attached hydrogens (tertiary/aromatic N) is 2. The highest BCUT2D eigenvalue weighted by Crippen LogP contribution is 2.25. The smallest absolute Gasteiger partial charge is 0.207 e. The molecule has 0 unspecified atom stereocenters. The molecule has 17 heavy (non-hydrogen) atoms. The average Bonchev–Trinajstić information content (AvgIpc) is 2.29. The quantitative estimate of drug-likeness (QED) is 0.844. The summed E-state index contributed by atoms with van der Waals surface area (Å²) in [6, 6.07) is 6.10. The van der Waals surface area contributed by atoms with Gasteiger partial charge in [-0.2, -0.15) is 5.26 Å². The van der Waals surface area contributed by atoms with Crippen LogP contribution >= 0.6 is 11.6 Å². The van der Waals surface area contributed by atoms with Crippen LogP contribution in [0.2, 0.25) is 5.02 Å². The molecule has 1 rings (SSSR count). The van der Waals surface area contributed by atoms with Crippen LogP contribution in [-0.2, 0) is 10.0 Å². The molecule has 0 radical (unpaired) electrons. The molecule has 0 spiro atoms. The van der Waals surface area contributed by atoms with Crippen LogP contribution in [0.15, 0.2) is 23.1 Å². The lowest BCUT2D eigenvalue weighted by Crippen LogP contribution is -2.27. The molecular weight excluding hydrogens is 260 g/mol. The van der Waals surface area contributed by atoms with Crippen LogP contribution in [0.5, 0.6) is 0 Å². The van der Waals surface area contributed by atoms with Gasteiger partial charge in [-0.15, -0.1) is 0 Å². The minimum atomic E-state index is -3.61. The molecule has 0 fully saturated rings. The highest BCUT2D eigenvalue weighted by atomic mass is 35.5. The number of nitriles is 1. The Morgan fingerprint density at radius 2 is 2.12 bits per heavy atom. The summed E-state index contributed by atoms with van der Waals surface area (Å²) in [7, 11) is -2.12. The van der Waals surface area contributed by atoms with Gasteiger partial charge in [0.05, 0.1) is 16.7 Å². The highest BCUT2D eigenvalue weighted by molar-refractivity contribution is 7.89. The van der Waals surface area contributed by atoms with Crippen molar-refractivity contribution in [3.8, 4) is 6.07 Å². The molecule has 0 heterocycles. The average molecular weight is 273 g/mol. The van der Waals surface area contributed by atoms with Crippen molar-refractivity contribution in [2.75, 3.05) is 13.6 Å². The lowest BCUT2D eigenvalue weighted by Gasteiger charge is -2.17. The fourth-order valence-electron chi connectivity index (χ4n) is 1.37. The van der Waals surface area contributed by atoms with Crippen LogP contribution in [-0.4, -0.2) is 26.3 Å². The van der Waals surface area contributed by atoms with Crippen molar-refractivity contribution in [3.05, 3.63) is 28.8 Å². The first-order valence-electron chi connectivity index (χ1n) is 5.09. The molecule has 0 atom stereocenters. The van der Waals surface area contributed by atoms with E-state index in [2.05, 4.69) is 0 Å². The Kier molecular flexibility index (Phi) is 4.52. The summed E-state index contributed by atoms with van der Waals surface area (Å²) in [4.78, 5) is -0.0193. The van der Waals surface area contributed by atoms with Crippen LogP contribution < -0.4 is 0 Å². The third-order valence-electron chi connectivity index (χ3n) is 2.29. The molecule has 0 N–H and O–H groups in total. The number of sulfonamides is 1. The van der Waals surface area contributed by atoms with Gasteiger partial charge in [0, 0.05) is 13.6 Å². The lowest BCUT2D eigenvalue weighted by atomic mass is 10.2. The Morgan fingerprint density at radius 1 is 1.47 bits per heavy atom. The topological polar surface area (TPSA) is 61.2 Å². The Labute approximate surface area is 106 Å². The van der Waals surface area contributed by atoms with E-state index >= 15 is 0 Å². The third-order valence-corrected chi connectivity index (χ3v) is 4.63. The lowest BCUT2D eigenvalue weighted by molar-refractivity contribution is 0.468. The van der Waals surface area contributed by atoms with Crippen molar-refractivity contribution in [2.24, 2.45) is 0 Å². The first-order chi connectivity index (χ1) is 7.93. The van der Waals surface area contributed by atoms with Crippen LogP contribution in [0, 0.1) is 11.3 Å². The molecule has 92 valence electrons. The van der Waals surface area contributed by atoms with Gasteiger partial charge in [0.2, 0.25) is 10.0 Å². The van der Waals surface area contributed by atoms with Crippen molar-refractivity contribution >= 4 is 21.6 Å². The van der Waals surface area contributed by atoms with Gasteiger partial charge in [-0.05, 0) is 24.6 Å². The van der Waals surface area contributed by atoms with Crippen molar-refractivity contribution in [1.29, 1.82) is 5.26 Å². The van der Waals surface area contributed by atoms with Crippen molar-refractivity contribution in [1.82, 2.24) is 4.31 Å². The van der Waals surface area contributed by atoms with Gasteiger partial charge in [-0.1, -0.05) is 18.5 Å². The number of halogens is 1. The van der Waals surface area contributed by atoms with Gasteiger partial charge in [-0.25, -0.2) is 12.7 Å². The molecule has 0 aromatic heterocycles.